The molecule has 0 spiro atoms. The third-order valence-corrected chi connectivity index (χ3v) is 4.75. The van der Waals surface area contributed by atoms with E-state index in [1.54, 1.807) is 19.9 Å². The fourth-order valence-electron chi connectivity index (χ4n) is 1.99. The average molecular weight is 295 g/mol. The largest absolute Gasteiger partial charge is 0.478 e. The number of hydrogen-bond acceptors (Lipinski definition) is 5. The molecule has 1 heterocycles. The molecular weight excluding hydrogens is 282 g/mol. The first-order chi connectivity index (χ1) is 9.31. The molecule has 1 aromatic heterocycles. The Bertz CT molecular complexity index is 747. The van der Waals surface area contributed by atoms with Crippen LogP contribution in [0.25, 0.3) is 0 Å². The second kappa shape index (κ2) is 5.09. The molecule has 2 aromatic rings. The molecular formula is C13H13NO5S. The van der Waals surface area contributed by atoms with E-state index in [4.69, 9.17) is 5.11 Å². The van der Waals surface area contributed by atoms with E-state index in [-0.39, 0.29) is 16.2 Å². The molecule has 0 atom stereocenters. The smallest absolute Gasteiger partial charge is 0.335 e. The van der Waals surface area contributed by atoms with Crippen LogP contribution in [0.15, 0.2) is 34.0 Å². The van der Waals surface area contributed by atoms with Gasteiger partial charge in [0.2, 0.25) is 0 Å². The summed E-state index contributed by atoms with van der Waals surface area (Å²) in [7, 11) is -3.65. The lowest BCUT2D eigenvalue weighted by atomic mass is 10.1. The number of sulfone groups is 1. The van der Waals surface area contributed by atoms with E-state index in [0.717, 1.165) is 0 Å². The van der Waals surface area contributed by atoms with E-state index >= 15 is 0 Å². The zero-order chi connectivity index (χ0) is 14.9. The van der Waals surface area contributed by atoms with Gasteiger partial charge in [-0.3, -0.25) is 0 Å². The fourth-order valence-corrected chi connectivity index (χ4v) is 3.58. The van der Waals surface area contributed by atoms with Crippen LogP contribution >= 0.6 is 0 Å². The van der Waals surface area contributed by atoms with Crippen molar-refractivity contribution in [3.63, 3.8) is 0 Å². The molecule has 0 radical (unpaired) electrons. The molecule has 0 saturated heterocycles. The Hall–Kier alpha value is -2.15. The SMILES string of the molecule is Cc1cc(C)c(S(=O)(=O)Cc2cnoc2)cc1C(=O)O. The minimum absolute atomic E-state index is 0.0144. The summed E-state index contributed by atoms with van der Waals surface area (Å²) in [6.07, 6.45) is 2.57. The van der Waals surface area contributed by atoms with Gasteiger partial charge in [-0.2, -0.15) is 0 Å². The van der Waals surface area contributed by atoms with Gasteiger partial charge >= 0.3 is 5.97 Å². The second-order valence-corrected chi connectivity index (χ2v) is 6.49. The first kappa shape index (κ1) is 14.3. The molecule has 1 N–H and O–H groups in total. The monoisotopic (exact) mass is 295 g/mol. The minimum Gasteiger partial charge on any atom is -0.478 e. The lowest BCUT2D eigenvalue weighted by Crippen LogP contribution is -2.10. The first-order valence-electron chi connectivity index (χ1n) is 5.77. The maximum atomic E-state index is 12.3. The van der Waals surface area contributed by atoms with Crippen LogP contribution in [0.2, 0.25) is 0 Å². The standard InChI is InChI=1S/C13H13NO5S/c1-8-3-9(2)12(4-11(8)13(15)16)20(17,18)7-10-5-14-19-6-10/h3-6H,7H2,1-2H3,(H,15,16). The molecule has 2 rings (SSSR count). The summed E-state index contributed by atoms with van der Waals surface area (Å²) in [6, 6.07) is 2.76. The second-order valence-electron chi connectivity index (χ2n) is 4.53. The maximum Gasteiger partial charge on any atom is 0.335 e. The number of nitrogens with zero attached hydrogens (tertiary/aromatic N) is 1. The highest BCUT2D eigenvalue weighted by Crippen LogP contribution is 2.24. The summed E-state index contributed by atoms with van der Waals surface area (Å²) in [6.45, 7) is 3.27. The molecule has 0 unspecified atom stereocenters. The Morgan fingerprint density at radius 3 is 2.55 bits per heavy atom. The quantitative estimate of drug-likeness (QED) is 0.926. The fraction of sp³-hybridized carbons (Fsp3) is 0.231. The number of aromatic carboxylic acids is 1. The molecule has 7 heteroatoms. The third-order valence-electron chi connectivity index (χ3n) is 2.93. The highest BCUT2D eigenvalue weighted by molar-refractivity contribution is 7.90. The molecule has 0 bridgehead atoms. The van der Waals surface area contributed by atoms with Crippen LogP contribution in [0.3, 0.4) is 0 Å². The normalized spacial score (nSPS) is 11.5. The van der Waals surface area contributed by atoms with Gasteiger partial charge in [0, 0.05) is 5.56 Å². The van der Waals surface area contributed by atoms with Crippen molar-refractivity contribution in [1.82, 2.24) is 5.16 Å². The number of carboxylic acid groups (broad SMARTS) is 1. The predicted molar refractivity (Wildman–Crippen MR) is 70.3 cm³/mol. The number of aromatic nitrogens is 1. The zero-order valence-electron chi connectivity index (χ0n) is 11.0. The molecule has 0 aliphatic rings. The lowest BCUT2D eigenvalue weighted by molar-refractivity contribution is 0.0696. The summed E-state index contributed by atoms with van der Waals surface area (Å²) in [5.74, 6) is -1.43. The number of rotatable bonds is 4. The van der Waals surface area contributed by atoms with Crippen molar-refractivity contribution >= 4 is 15.8 Å². The Morgan fingerprint density at radius 2 is 2.00 bits per heavy atom. The van der Waals surface area contributed by atoms with Crippen molar-refractivity contribution < 1.29 is 22.8 Å². The summed E-state index contributed by atoms with van der Waals surface area (Å²) in [5, 5.41) is 12.5. The molecule has 0 aliphatic heterocycles. The number of benzene rings is 1. The molecule has 106 valence electrons. The van der Waals surface area contributed by atoms with E-state index < -0.39 is 15.8 Å². The van der Waals surface area contributed by atoms with E-state index in [2.05, 4.69) is 9.68 Å². The molecule has 0 aliphatic carbocycles. The summed E-state index contributed by atoms with van der Waals surface area (Å²) in [5.41, 5.74) is 1.45. The Balaban J connectivity index is 2.51. The lowest BCUT2D eigenvalue weighted by Gasteiger charge is -2.10. The Labute approximate surface area is 115 Å². The van der Waals surface area contributed by atoms with Gasteiger partial charge in [-0.1, -0.05) is 11.2 Å². The highest BCUT2D eigenvalue weighted by Gasteiger charge is 2.22. The van der Waals surface area contributed by atoms with Crippen molar-refractivity contribution in [2.24, 2.45) is 0 Å². The topological polar surface area (TPSA) is 97.5 Å². The maximum absolute atomic E-state index is 12.3. The van der Waals surface area contributed by atoms with Crippen LogP contribution in [0.1, 0.15) is 27.0 Å². The van der Waals surface area contributed by atoms with Crippen LogP contribution in [-0.4, -0.2) is 24.7 Å². The molecule has 6 nitrogen and oxygen atoms in total. The summed E-state index contributed by atoms with van der Waals surface area (Å²) in [4.78, 5) is 11.1. The van der Waals surface area contributed by atoms with Gasteiger partial charge < -0.3 is 9.63 Å². The van der Waals surface area contributed by atoms with Gasteiger partial charge in [0.15, 0.2) is 9.84 Å². The van der Waals surface area contributed by atoms with Crippen LogP contribution in [-0.2, 0) is 15.6 Å². The van der Waals surface area contributed by atoms with Crippen LogP contribution < -0.4 is 0 Å². The van der Waals surface area contributed by atoms with E-state index in [1.807, 2.05) is 0 Å². The van der Waals surface area contributed by atoms with Crippen molar-refractivity contribution in [1.29, 1.82) is 0 Å². The number of carboxylic acids is 1. The molecule has 0 amide bonds. The van der Waals surface area contributed by atoms with E-state index in [0.29, 0.717) is 16.7 Å². The highest BCUT2D eigenvalue weighted by atomic mass is 32.2. The molecule has 20 heavy (non-hydrogen) atoms. The van der Waals surface area contributed by atoms with Crippen molar-refractivity contribution in [3.8, 4) is 0 Å². The van der Waals surface area contributed by atoms with Gasteiger partial charge in [-0.15, -0.1) is 0 Å². The third kappa shape index (κ3) is 2.72. The summed E-state index contributed by atoms with van der Waals surface area (Å²) < 4.78 is 29.3. The predicted octanol–water partition coefficient (Wildman–Crippen LogP) is 1.96. The van der Waals surface area contributed by atoms with Gasteiger partial charge in [0.1, 0.15) is 6.26 Å². The van der Waals surface area contributed by atoms with Crippen molar-refractivity contribution in [3.05, 3.63) is 46.8 Å². The van der Waals surface area contributed by atoms with Gasteiger partial charge in [-0.05, 0) is 31.0 Å². The van der Waals surface area contributed by atoms with E-state index in [9.17, 15) is 13.2 Å². The van der Waals surface area contributed by atoms with Crippen LogP contribution in [0.5, 0.6) is 0 Å². The average Bonchev–Trinajstić information content (AvgIpc) is 2.79. The molecule has 1 aromatic carbocycles. The van der Waals surface area contributed by atoms with Crippen LogP contribution in [0, 0.1) is 13.8 Å². The molecule has 0 saturated carbocycles. The minimum atomic E-state index is -3.65. The first-order valence-corrected chi connectivity index (χ1v) is 7.42. The number of aryl methyl sites for hydroxylation is 2. The Morgan fingerprint density at radius 1 is 1.30 bits per heavy atom. The van der Waals surface area contributed by atoms with Crippen molar-refractivity contribution in [2.75, 3.05) is 0 Å². The van der Waals surface area contributed by atoms with E-state index in [1.165, 1.54) is 18.5 Å². The van der Waals surface area contributed by atoms with Gasteiger partial charge in [0.25, 0.3) is 0 Å². The number of hydrogen-bond donors (Lipinski definition) is 1. The zero-order valence-corrected chi connectivity index (χ0v) is 11.8. The Kier molecular flexibility index (Phi) is 3.63. The van der Waals surface area contributed by atoms with Crippen molar-refractivity contribution in [2.45, 2.75) is 24.5 Å². The summed E-state index contributed by atoms with van der Waals surface area (Å²) >= 11 is 0. The van der Waals surface area contributed by atoms with Gasteiger partial charge in [0.05, 0.1) is 22.4 Å². The molecule has 0 fully saturated rings. The van der Waals surface area contributed by atoms with Gasteiger partial charge in [-0.25, -0.2) is 13.2 Å². The van der Waals surface area contributed by atoms with Crippen LogP contribution in [0.4, 0.5) is 0 Å². The number of carbonyl (C=O) groups is 1.